The number of thioether (sulfide) groups is 1. The van der Waals surface area contributed by atoms with E-state index >= 15 is 0 Å². The zero-order chi connectivity index (χ0) is 16.9. The first-order chi connectivity index (χ1) is 10.9. The smallest absolute Gasteiger partial charge is 0.269 e. The molecule has 1 aromatic carbocycles. The molecular formula is C13H18N4O4S2. The van der Waals surface area contributed by atoms with E-state index in [4.69, 9.17) is 5.73 Å². The van der Waals surface area contributed by atoms with Gasteiger partial charge in [-0.1, -0.05) is 0 Å². The van der Waals surface area contributed by atoms with Crippen LogP contribution < -0.4 is 5.73 Å². The average Bonchev–Trinajstić information content (AvgIpc) is 2.55. The zero-order valence-corrected chi connectivity index (χ0v) is 14.1. The Balaban J connectivity index is 1.96. The third-order valence-electron chi connectivity index (χ3n) is 3.38. The molecule has 23 heavy (non-hydrogen) atoms. The third kappa shape index (κ3) is 4.83. The van der Waals surface area contributed by atoms with Gasteiger partial charge in [0.15, 0.2) is 15.8 Å². The van der Waals surface area contributed by atoms with Gasteiger partial charge < -0.3 is 10.6 Å². The number of rotatable bonds is 5. The first-order valence-corrected chi connectivity index (χ1v) is 9.81. The molecule has 0 atom stereocenters. The summed E-state index contributed by atoms with van der Waals surface area (Å²) in [5.74, 6) is 2.15. The van der Waals surface area contributed by atoms with Crippen LogP contribution in [0.1, 0.15) is 0 Å². The molecule has 0 radical (unpaired) electrons. The van der Waals surface area contributed by atoms with E-state index in [2.05, 4.69) is 4.99 Å². The van der Waals surface area contributed by atoms with Crippen molar-refractivity contribution in [1.82, 2.24) is 4.90 Å². The number of nitrogens with zero attached hydrogens (tertiary/aromatic N) is 3. The largest absolute Gasteiger partial charge is 0.370 e. The summed E-state index contributed by atoms with van der Waals surface area (Å²) in [6, 6.07) is 4.83. The maximum Gasteiger partial charge on any atom is 0.269 e. The first kappa shape index (κ1) is 17.5. The van der Waals surface area contributed by atoms with Crippen LogP contribution in [0.15, 0.2) is 34.2 Å². The summed E-state index contributed by atoms with van der Waals surface area (Å²) >= 11 is 1.85. The normalized spacial score (nSPS) is 16.3. The van der Waals surface area contributed by atoms with Gasteiger partial charge in [-0.3, -0.25) is 15.1 Å². The van der Waals surface area contributed by atoms with Crippen molar-refractivity contribution in [3.63, 3.8) is 0 Å². The number of nitro benzene ring substituents is 1. The fourth-order valence-corrected chi connectivity index (χ4v) is 4.09. The summed E-state index contributed by atoms with van der Waals surface area (Å²) in [5, 5.41) is 10.6. The van der Waals surface area contributed by atoms with Crippen LogP contribution in [0.25, 0.3) is 0 Å². The van der Waals surface area contributed by atoms with Crippen LogP contribution in [0.5, 0.6) is 0 Å². The quantitative estimate of drug-likeness (QED) is 0.357. The van der Waals surface area contributed by atoms with Crippen LogP contribution in [0.2, 0.25) is 0 Å². The van der Waals surface area contributed by atoms with Crippen LogP contribution in [0.3, 0.4) is 0 Å². The SMILES string of the molecule is NC(=NCCS(=O)(=O)c1ccc([N+](=O)[O-])cc1)N1CCSCC1. The summed E-state index contributed by atoms with van der Waals surface area (Å²) < 4.78 is 24.3. The van der Waals surface area contributed by atoms with Crippen molar-refractivity contribution in [3.05, 3.63) is 34.4 Å². The van der Waals surface area contributed by atoms with E-state index in [0.29, 0.717) is 5.96 Å². The molecule has 2 rings (SSSR count). The number of hydrogen-bond acceptors (Lipinski definition) is 6. The number of non-ortho nitro benzene ring substituents is 1. The minimum Gasteiger partial charge on any atom is -0.370 e. The Morgan fingerprint density at radius 2 is 1.91 bits per heavy atom. The van der Waals surface area contributed by atoms with Gasteiger partial charge in [0.25, 0.3) is 5.69 Å². The van der Waals surface area contributed by atoms with Crippen LogP contribution in [-0.4, -0.2) is 61.1 Å². The number of nitrogens with two attached hydrogens (primary N) is 1. The lowest BCUT2D eigenvalue weighted by Crippen LogP contribution is -2.42. The molecule has 0 unspecified atom stereocenters. The van der Waals surface area contributed by atoms with Crippen molar-refractivity contribution in [2.24, 2.45) is 10.7 Å². The van der Waals surface area contributed by atoms with Gasteiger partial charge in [-0.25, -0.2) is 8.42 Å². The highest BCUT2D eigenvalue weighted by atomic mass is 32.2. The van der Waals surface area contributed by atoms with Gasteiger partial charge >= 0.3 is 0 Å². The lowest BCUT2D eigenvalue weighted by molar-refractivity contribution is -0.384. The molecule has 1 aliphatic heterocycles. The highest BCUT2D eigenvalue weighted by Crippen LogP contribution is 2.17. The van der Waals surface area contributed by atoms with Crippen molar-refractivity contribution < 1.29 is 13.3 Å². The van der Waals surface area contributed by atoms with E-state index in [1.807, 2.05) is 16.7 Å². The van der Waals surface area contributed by atoms with Crippen LogP contribution in [0, 0.1) is 10.1 Å². The van der Waals surface area contributed by atoms with E-state index in [1.54, 1.807) is 0 Å². The van der Waals surface area contributed by atoms with Crippen LogP contribution in [-0.2, 0) is 9.84 Å². The Morgan fingerprint density at radius 3 is 2.48 bits per heavy atom. The standard InChI is InChI=1S/C13H18N4O4S2/c14-13(16-6-8-22-9-7-16)15-5-10-23(20,21)12-3-1-11(2-4-12)17(18)19/h1-4H,5-10H2,(H2,14,15). The number of guanidine groups is 1. The Morgan fingerprint density at radius 1 is 1.30 bits per heavy atom. The van der Waals surface area contributed by atoms with Gasteiger partial charge in [-0.2, -0.15) is 11.8 Å². The van der Waals surface area contributed by atoms with Crippen molar-refractivity contribution in [3.8, 4) is 0 Å². The molecule has 0 aliphatic carbocycles. The second kappa shape index (κ2) is 7.64. The topological polar surface area (TPSA) is 119 Å². The van der Waals surface area contributed by atoms with Gasteiger partial charge in [-0.05, 0) is 12.1 Å². The Hall–Kier alpha value is -1.81. The van der Waals surface area contributed by atoms with E-state index < -0.39 is 14.8 Å². The van der Waals surface area contributed by atoms with E-state index in [0.717, 1.165) is 24.6 Å². The molecule has 1 aromatic rings. The highest BCUT2D eigenvalue weighted by Gasteiger charge is 2.17. The number of benzene rings is 1. The van der Waals surface area contributed by atoms with Gasteiger partial charge in [0.1, 0.15) is 0 Å². The maximum atomic E-state index is 12.2. The van der Waals surface area contributed by atoms with Gasteiger partial charge in [0, 0.05) is 36.7 Å². The van der Waals surface area contributed by atoms with Crippen molar-refractivity contribution in [2.45, 2.75) is 4.90 Å². The van der Waals surface area contributed by atoms with Crippen molar-refractivity contribution in [2.75, 3.05) is 36.9 Å². The van der Waals surface area contributed by atoms with E-state index in [-0.39, 0.29) is 22.9 Å². The monoisotopic (exact) mass is 358 g/mol. The zero-order valence-electron chi connectivity index (χ0n) is 12.4. The number of hydrogen-bond donors (Lipinski definition) is 1. The molecule has 126 valence electrons. The van der Waals surface area contributed by atoms with E-state index in [9.17, 15) is 18.5 Å². The molecule has 1 aliphatic rings. The number of sulfone groups is 1. The minimum absolute atomic E-state index is 0.0474. The maximum absolute atomic E-state index is 12.2. The summed E-state index contributed by atoms with van der Waals surface area (Å²) in [7, 11) is -3.54. The third-order valence-corrected chi connectivity index (χ3v) is 6.03. The molecule has 0 saturated carbocycles. The Bertz CT molecular complexity index is 682. The lowest BCUT2D eigenvalue weighted by atomic mass is 10.3. The van der Waals surface area contributed by atoms with E-state index in [1.165, 1.54) is 24.3 Å². The molecule has 2 N–H and O–H groups in total. The van der Waals surface area contributed by atoms with Gasteiger partial charge in [-0.15, -0.1) is 0 Å². The highest BCUT2D eigenvalue weighted by molar-refractivity contribution is 7.99. The van der Waals surface area contributed by atoms with Crippen LogP contribution >= 0.6 is 11.8 Å². The van der Waals surface area contributed by atoms with Crippen LogP contribution in [0.4, 0.5) is 5.69 Å². The van der Waals surface area contributed by atoms with Crippen molar-refractivity contribution in [1.29, 1.82) is 0 Å². The van der Waals surface area contributed by atoms with Crippen molar-refractivity contribution >= 4 is 33.2 Å². The summed E-state index contributed by atoms with van der Waals surface area (Å²) in [4.78, 5) is 16.1. The molecule has 1 fully saturated rings. The summed E-state index contributed by atoms with van der Waals surface area (Å²) in [6.45, 7) is 1.69. The minimum atomic E-state index is -3.54. The second-order valence-electron chi connectivity index (χ2n) is 4.91. The van der Waals surface area contributed by atoms with Gasteiger partial charge in [0.05, 0.1) is 22.1 Å². The Kier molecular flexibility index (Phi) is 5.83. The second-order valence-corrected chi connectivity index (χ2v) is 8.24. The summed E-state index contributed by atoms with van der Waals surface area (Å²) in [6.07, 6.45) is 0. The summed E-state index contributed by atoms with van der Waals surface area (Å²) in [5.41, 5.74) is 5.72. The van der Waals surface area contributed by atoms with Gasteiger partial charge in [0.2, 0.25) is 0 Å². The molecule has 10 heteroatoms. The number of aliphatic imine (C=N–C) groups is 1. The Labute approximate surface area is 138 Å². The fraction of sp³-hybridized carbons (Fsp3) is 0.462. The predicted octanol–water partition coefficient (Wildman–Crippen LogP) is 0.732. The molecular weight excluding hydrogens is 340 g/mol. The molecule has 0 aromatic heterocycles. The molecule has 8 nitrogen and oxygen atoms in total. The molecule has 1 heterocycles. The predicted molar refractivity (Wildman–Crippen MR) is 90.5 cm³/mol. The average molecular weight is 358 g/mol. The number of nitro groups is 1. The molecule has 1 saturated heterocycles. The first-order valence-electron chi connectivity index (χ1n) is 7.00. The molecule has 0 amide bonds. The lowest BCUT2D eigenvalue weighted by Gasteiger charge is -2.27. The fourth-order valence-electron chi connectivity index (χ4n) is 2.07. The molecule has 0 spiro atoms. The molecule has 0 bridgehead atoms.